The SMILES string of the molecule is COC(=O)c1ccc(S)c([N+](=O)[O-])c1C#N. The van der Waals surface area contributed by atoms with E-state index >= 15 is 0 Å². The topological polar surface area (TPSA) is 93.2 Å². The Kier molecular flexibility index (Phi) is 3.48. The number of nitrogens with zero attached hydrogens (tertiary/aromatic N) is 2. The van der Waals surface area contributed by atoms with Crippen LogP contribution < -0.4 is 0 Å². The van der Waals surface area contributed by atoms with Crippen LogP contribution in [0.3, 0.4) is 0 Å². The number of hydrogen-bond acceptors (Lipinski definition) is 6. The van der Waals surface area contributed by atoms with E-state index in [2.05, 4.69) is 17.4 Å². The first-order valence-electron chi connectivity index (χ1n) is 4.01. The van der Waals surface area contributed by atoms with Gasteiger partial charge in [0.05, 0.1) is 22.5 Å². The molecule has 16 heavy (non-hydrogen) atoms. The highest BCUT2D eigenvalue weighted by atomic mass is 32.1. The Morgan fingerprint density at radius 2 is 2.25 bits per heavy atom. The first kappa shape index (κ1) is 12.0. The third-order valence-electron chi connectivity index (χ3n) is 1.86. The Labute approximate surface area is 96.0 Å². The Morgan fingerprint density at radius 1 is 1.62 bits per heavy atom. The van der Waals surface area contributed by atoms with Crippen LogP contribution in [0.1, 0.15) is 15.9 Å². The molecule has 0 amide bonds. The fourth-order valence-electron chi connectivity index (χ4n) is 1.16. The van der Waals surface area contributed by atoms with Gasteiger partial charge in [-0.25, -0.2) is 4.79 Å². The van der Waals surface area contributed by atoms with Crippen molar-refractivity contribution < 1.29 is 14.5 Å². The van der Waals surface area contributed by atoms with Gasteiger partial charge in [-0.2, -0.15) is 5.26 Å². The monoisotopic (exact) mass is 238 g/mol. The number of carbonyl (C=O) groups excluding carboxylic acids is 1. The van der Waals surface area contributed by atoms with Crippen LogP contribution in [-0.4, -0.2) is 18.0 Å². The molecule has 0 aliphatic heterocycles. The average Bonchev–Trinajstić information content (AvgIpc) is 2.26. The van der Waals surface area contributed by atoms with E-state index < -0.39 is 16.6 Å². The summed E-state index contributed by atoms with van der Waals surface area (Å²) in [5, 5.41) is 19.5. The predicted molar refractivity (Wildman–Crippen MR) is 56.4 cm³/mol. The summed E-state index contributed by atoms with van der Waals surface area (Å²) in [6.07, 6.45) is 0. The number of thiol groups is 1. The summed E-state index contributed by atoms with van der Waals surface area (Å²) in [6, 6.07) is 4.15. The van der Waals surface area contributed by atoms with Crippen molar-refractivity contribution in [3.63, 3.8) is 0 Å². The number of rotatable bonds is 2. The van der Waals surface area contributed by atoms with Crippen molar-refractivity contribution in [3.05, 3.63) is 33.4 Å². The highest BCUT2D eigenvalue weighted by Crippen LogP contribution is 2.29. The van der Waals surface area contributed by atoms with E-state index in [1.54, 1.807) is 6.07 Å². The first-order chi connectivity index (χ1) is 7.52. The molecule has 0 radical (unpaired) electrons. The zero-order valence-corrected chi connectivity index (χ0v) is 9.02. The molecule has 6 nitrogen and oxygen atoms in total. The highest BCUT2D eigenvalue weighted by molar-refractivity contribution is 7.80. The fourth-order valence-corrected chi connectivity index (χ4v) is 1.43. The van der Waals surface area contributed by atoms with Crippen LogP contribution in [0.5, 0.6) is 0 Å². The lowest BCUT2D eigenvalue weighted by Crippen LogP contribution is -2.06. The number of nitro benzene ring substituents is 1. The number of carbonyl (C=O) groups is 1. The second-order valence-corrected chi connectivity index (χ2v) is 3.20. The third kappa shape index (κ3) is 1.97. The van der Waals surface area contributed by atoms with Gasteiger partial charge in [0.1, 0.15) is 11.6 Å². The minimum Gasteiger partial charge on any atom is -0.465 e. The minimum absolute atomic E-state index is 0.0224. The van der Waals surface area contributed by atoms with Gasteiger partial charge in [-0.05, 0) is 12.1 Å². The highest BCUT2D eigenvalue weighted by Gasteiger charge is 2.25. The largest absolute Gasteiger partial charge is 0.465 e. The van der Waals surface area contributed by atoms with Crippen molar-refractivity contribution in [1.82, 2.24) is 0 Å². The summed E-state index contributed by atoms with van der Waals surface area (Å²) >= 11 is 3.86. The molecule has 0 aliphatic carbocycles. The van der Waals surface area contributed by atoms with Gasteiger partial charge in [-0.15, -0.1) is 12.6 Å². The van der Waals surface area contributed by atoms with E-state index in [-0.39, 0.29) is 16.0 Å². The van der Waals surface area contributed by atoms with Gasteiger partial charge in [0.2, 0.25) is 0 Å². The van der Waals surface area contributed by atoms with E-state index in [0.29, 0.717) is 0 Å². The second kappa shape index (κ2) is 4.63. The van der Waals surface area contributed by atoms with Gasteiger partial charge in [-0.3, -0.25) is 10.1 Å². The summed E-state index contributed by atoms with van der Waals surface area (Å²) in [7, 11) is 1.13. The van der Waals surface area contributed by atoms with E-state index in [1.165, 1.54) is 12.1 Å². The van der Waals surface area contributed by atoms with Crippen LogP contribution in [0.15, 0.2) is 17.0 Å². The van der Waals surface area contributed by atoms with E-state index in [4.69, 9.17) is 5.26 Å². The predicted octanol–water partition coefficient (Wildman–Crippen LogP) is 1.54. The maximum Gasteiger partial charge on any atom is 0.339 e. The molecule has 0 fully saturated rings. The summed E-state index contributed by atoms with van der Waals surface area (Å²) in [5.74, 6) is -0.798. The molecule has 0 N–H and O–H groups in total. The Balaban J connectivity index is 3.57. The van der Waals surface area contributed by atoms with Crippen molar-refractivity contribution in [1.29, 1.82) is 5.26 Å². The molecule has 0 unspecified atom stereocenters. The molecule has 0 aromatic heterocycles. The lowest BCUT2D eigenvalue weighted by Gasteiger charge is -2.03. The molecule has 0 heterocycles. The zero-order valence-electron chi connectivity index (χ0n) is 8.13. The normalized spacial score (nSPS) is 9.31. The van der Waals surface area contributed by atoms with Gasteiger partial charge >= 0.3 is 11.7 Å². The van der Waals surface area contributed by atoms with E-state index in [0.717, 1.165) is 7.11 Å². The Hall–Kier alpha value is -2.07. The molecule has 1 aromatic carbocycles. The first-order valence-corrected chi connectivity index (χ1v) is 4.46. The Morgan fingerprint density at radius 3 is 2.69 bits per heavy atom. The summed E-state index contributed by atoms with van der Waals surface area (Å²) in [6.45, 7) is 0. The number of methoxy groups -OCH3 is 1. The summed E-state index contributed by atoms with van der Waals surface area (Å²) < 4.78 is 4.42. The van der Waals surface area contributed by atoms with Crippen molar-refractivity contribution >= 4 is 24.3 Å². The number of benzene rings is 1. The maximum atomic E-state index is 11.3. The molecule has 0 saturated heterocycles. The van der Waals surface area contributed by atoms with Gasteiger partial charge < -0.3 is 4.74 Å². The molecule has 1 rings (SSSR count). The molecule has 82 valence electrons. The van der Waals surface area contributed by atoms with Crippen LogP contribution in [0, 0.1) is 21.4 Å². The summed E-state index contributed by atoms with van der Waals surface area (Å²) in [5.41, 5.74) is -0.979. The standard InChI is InChI=1S/C9H6N2O4S/c1-15-9(12)5-2-3-7(16)8(11(13)14)6(5)4-10/h2-3,16H,1H3. The van der Waals surface area contributed by atoms with E-state index in [9.17, 15) is 14.9 Å². The lowest BCUT2D eigenvalue weighted by atomic mass is 10.1. The van der Waals surface area contributed by atoms with Crippen LogP contribution in [-0.2, 0) is 4.74 Å². The quantitative estimate of drug-likeness (QED) is 0.365. The molecule has 7 heteroatoms. The van der Waals surface area contributed by atoms with Gasteiger partial charge in [0, 0.05) is 0 Å². The van der Waals surface area contributed by atoms with Crippen molar-refractivity contribution in [2.45, 2.75) is 4.90 Å². The molecular weight excluding hydrogens is 232 g/mol. The zero-order chi connectivity index (χ0) is 12.3. The van der Waals surface area contributed by atoms with Crippen molar-refractivity contribution in [3.8, 4) is 6.07 Å². The molecule has 0 bridgehead atoms. The lowest BCUT2D eigenvalue weighted by molar-refractivity contribution is -0.388. The maximum absolute atomic E-state index is 11.3. The summed E-state index contributed by atoms with van der Waals surface area (Å²) in [4.78, 5) is 21.2. The molecular formula is C9H6N2O4S. The number of esters is 1. The van der Waals surface area contributed by atoms with Gasteiger partial charge in [0.25, 0.3) is 0 Å². The molecule has 0 aliphatic rings. The van der Waals surface area contributed by atoms with Crippen LogP contribution in [0.25, 0.3) is 0 Å². The number of nitriles is 1. The average molecular weight is 238 g/mol. The molecule has 0 spiro atoms. The molecule has 0 atom stereocenters. The second-order valence-electron chi connectivity index (χ2n) is 2.72. The van der Waals surface area contributed by atoms with Gasteiger partial charge in [-0.1, -0.05) is 0 Å². The van der Waals surface area contributed by atoms with Crippen molar-refractivity contribution in [2.75, 3.05) is 7.11 Å². The fraction of sp³-hybridized carbons (Fsp3) is 0.111. The van der Waals surface area contributed by atoms with Gasteiger partial charge in [0.15, 0.2) is 0 Å². The Bertz CT molecular complexity index is 507. The number of hydrogen-bond donors (Lipinski definition) is 1. The van der Waals surface area contributed by atoms with Crippen molar-refractivity contribution in [2.24, 2.45) is 0 Å². The number of nitro groups is 1. The third-order valence-corrected chi connectivity index (χ3v) is 2.22. The van der Waals surface area contributed by atoms with E-state index in [1.807, 2.05) is 0 Å². The molecule has 0 saturated carbocycles. The van der Waals surface area contributed by atoms with Crippen LogP contribution in [0.2, 0.25) is 0 Å². The van der Waals surface area contributed by atoms with Crippen LogP contribution in [0.4, 0.5) is 5.69 Å². The molecule has 1 aromatic rings. The number of ether oxygens (including phenoxy) is 1. The minimum atomic E-state index is -0.798. The smallest absolute Gasteiger partial charge is 0.339 e. The van der Waals surface area contributed by atoms with Crippen LogP contribution >= 0.6 is 12.6 Å².